The van der Waals surface area contributed by atoms with Crippen LogP contribution in [0, 0.1) is 23.7 Å². The second-order valence-corrected chi connectivity index (χ2v) is 10.8. The van der Waals surface area contributed by atoms with Crippen molar-refractivity contribution in [2.75, 3.05) is 55.6 Å². The summed E-state index contributed by atoms with van der Waals surface area (Å²) in [6.07, 6.45) is 2.02. The summed E-state index contributed by atoms with van der Waals surface area (Å²) in [7, 11) is 0. The van der Waals surface area contributed by atoms with Gasteiger partial charge in [-0.2, -0.15) is 5.26 Å². The number of anilines is 2. The van der Waals surface area contributed by atoms with E-state index in [9.17, 15) is 10.4 Å². The highest BCUT2D eigenvalue weighted by Gasteiger charge is 2.52. The summed E-state index contributed by atoms with van der Waals surface area (Å²) < 4.78 is 6.36. The molecule has 3 aliphatic heterocycles. The van der Waals surface area contributed by atoms with Crippen LogP contribution in [0.15, 0.2) is 42.6 Å². The van der Waals surface area contributed by atoms with E-state index in [0.717, 1.165) is 73.8 Å². The third-order valence-corrected chi connectivity index (χ3v) is 7.68. The molecule has 0 amide bonds. The molecule has 1 spiro atoms. The molecule has 36 heavy (non-hydrogen) atoms. The normalized spacial score (nSPS) is 23.4. The smallest absolute Gasteiger partial charge is 0.101 e. The lowest BCUT2D eigenvalue weighted by Crippen LogP contribution is -2.73. The number of morpholine rings is 1. The highest BCUT2D eigenvalue weighted by Crippen LogP contribution is 2.42. The Morgan fingerprint density at radius 3 is 2.75 bits per heavy atom. The van der Waals surface area contributed by atoms with Gasteiger partial charge < -0.3 is 19.6 Å². The SMILES string of the molecule is Cc1cc(N2CC3(CN(CC4CN(c5ccc(C#N)c6ncccc56)CC(C)O4)C3)C2)cc(CO)n1. The molecule has 0 radical (unpaired) electrons. The predicted molar refractivity (Wildman–Crippen MR) is 139 cm³/mol. The van der Waals surface area contributed by atoms with Gasteiger partial charge in [-0.25, -0.2) is 0 Å². The van der Waals surface area contributed by atoms with E-state index in [2.05, 4.69) is 55.9 Å². The van der Waals surface area contributed by atoms with E-state index in [1.54, 1.807) is 6.20 Å². The molecule has 2 atom stereocenters. The number of hydrogen-bond donors (Lipinski definition) is 1. The van der Waals surface area contributed by atoms with Gasteiger partial charge in [-0.1, -0.05) is 0 Å². The Bertz CT molecular complexity index is 1320. The molecule has 2 aromatic heterocycles. The number of aromatic nitrogens is 2. The molecule has 8 heteroatoms. The summed E-state index contributed by atoms with van der Waals surface area (Å²) in [5.41, 5.74) is 5.73. The molecule has 0 bridgehead atoms. The summed E-state index contributed by atoms with van der Waals surface area (Å²) in [5, 5.41) is 20.0. The molecule has 8 nitrogen and oxygen atoms in total. The van der Waals surface area contributed by atoms with Gasteiger partial charge in [-0.3, -0.25) is 14.9 Å². The van der Waals surface area contributed by atoms with Gasteiger partial charge in [0.1, 0.15) is 6.07 Å². The lowest BCUT2D eigenvalue weighted by atomic mass is 9.72. The first kappa shape index (κ1) is 23.2. The average Bonchev–Trinajstić information content (AvgIpc) is 2.83. The van der Waals surface area contributed by atoms with Crippen LogP contribution in [0.2, 0.25) is 0 Å². The Morgan fingerprint density at radius 2 is 1.97 bits per heavy atom. The van der Waals surface area contributed by atoms with Crippen LogP contribution in [0.25, 0.3) is 10.9 Å². The Balaban J connectivity index is 1.08. The number of likely N-dealkylation sites (tertiary alicyclic amines) is 1. The van der Waals surface area contributed by atoms with Crippen LogP contribution in [-0.2, 0) is 11.3 Å². The minimum absolute atomic E-state index is 0.0208. The highest BCUT2D eigenvalue weighted by atomic mass is 16.5. The zero-order valence-electron chi connectivity index (χ0n) is 20.9. The Kier molecular flexibility index (Phi) is 5.79. The fraction of sp³-hybridized carbons (Fsp3) is 0.464. The van der Waals surface area contributed by atoms with Gasteiger partial charge in [0.15, 0.2) is 0 Å². The van der Waals surface area contributed by atoms with Gasteiger partial charge in [0.2, 0.25) is 0 Å². The van der Waals surface area contributed by atoms with Crippen LogP contribution in [0.1, 0.15) is 23.9 Å². The quantitative estimate of drug-likeness (QED) is 0.592. The molecule has 5 heterocycles. The Morgan fingerprint density at radius 1 is 1.14 bits per heavy atom. The number of benzene rings is 1. The molecular formula is C28H32N6O2. The van der Waals surface area contributed by atoms with Crippen molar-refractivity contribution in [1.29, 1.82) is 5.26 Å². The molecule has 3 aromatic rings. The van der Waals surface area contributed by atoms with Crippen LogP contribution in [0.3, 0.4) is 0 Å². The van der Waals surface area contributed by atoms with Crippen LogP contribution >= 0.6 is 0 Å². The van der Waals surface area contributed by atoms with Gasteiger partial charge in [0, 0.05) is 79.9 Å². The van der Waals surface area contributed by atoms with Gasteiger partial charge in [0.25, 0.3) is 0 Å². The maximum absolute atomic E-state index is 9.49. The predicted octanol–water partition coefficient (Wildman–Crippen LogP) is 2.72. The molecule has 3 fully saturated rings. The number of aliphatic hydroxyl groups is 1. The molecule has 2 unspecified atom stereocenters. The minimum Gasteiger partial charge on any atom is -0.390 e. The maximum Gasteiger partial charge on any atom is 0.101 e. The van der Waals surface area contributed by atoms with Gasteiger partial charge in [0.05, 0.1) is 35.6 Å². The van der Waals surface area contributed by atoms with Gasteiger partial charge in [-0.05, 0) is 50.2 Å². The zero-order valence-corrected chi connectivity index (χ0v) is 20.9. The first-order valence-electron chi connectivity index (χ1n) is 12.7. The molecule has 6 rings (SSSR count). The molecule has 1 aromatic carbocycles. The number of ether oxygens (including phenoxy) is 1. The second kappa shape index (κ2) is 9.00. The van der Waals surface area contributed by atoms with E-state index in [0.29, 0.717) is 11.0 Å². The van der Waals surface area contributed by atoms with Crippen LogP contribution in [-0.4, -0.2) is 78.0 Å². The van der Waals surface area contributed by atoms with Crippen LogP contribution in [0.5, 0.6) is 0 Å². The Labute approximate surface area is 211 Å². The van der Waals surface area contributed by atoms with Gasteiger partial charge in [-0.15, -0.1) is 0 Å². The minimum atomic E-state index is -0.0208. The molecular weight excluding hydrogens is 452 g/mol. The third-order valence-electron chi connectivity index (χ3n) is 7.68. The topological polar surface area (TPSA) is 88.8 Å². The van der Waals surface area contributed by atoms with Crippen molar-refractivity contribution >= 4 is 22.3 Å². The number of hydrogen-bond acceptors (Lipinski definition) is 8. The van der Waals surface area contributed by atoms with E-state index in [4.69, 9.17) is 4.74 Å². The van der Waals surface area contributed by atoms with E-state index in [-0.39, 0.29) is 18.8 Å². The number of nitriles is 1. The van der Waals surface area contributed by atoms with Crippen molar-refractivity contribution in [2.45, 2.75) is 32.7 Å². The number of rotatable bonds is 5. The lowest BCUT2D eigenvalue weighted by Gasteiger charge is -2.61. The van der Waals surface area contributed by atoms with Gasteiger partial charge >= 0.3 is 0 Å². The first-order chi connectivity index (χ1) is 17.4. The largest absolute Gasteiger partial charge is 0.390 e. The third kappa shape index (κ3) is 4.17. The summed E-state index contributed by atoms with van der Waals surface area (Å²) in [6, 6.07) is 14.3. The number of aryl methyl sites for hydroxylation is 1. The molecule has 186 valence electrons. The molecule has 0 saturated carbocycles. The van der Waals surface area contributed by atoms with Crippen molar-refractivity contribution in [2.24, 2.45) is 5.41 Å². The van der Waals surface area contributed by atoms with E-state index in [1.807, 2.05) is 25.1 Å². The fourth-order valence-electron chi connectivity index (χ4n) is 6.31. The average molecular weight is 485 g/mol. The maximum atomic E-state index is 9.49. The highest BCUT2D eigenvalue weighted by molar-refractivity contribution is 5.95. The number of nitrogens with zero attached hydrogens (tertiary/aromatic N) is 6. The Hall–Kier alpha value is -3.25. The monoisotopic (exact) mass is 484 g/mol. The lowest BCUT2D eigenvalue weighted by molar-refractivity contribution is -0.0809. The summed E-state index contributed by atoms with van der Waals surface area (Å²) in [5.74, 6) is 0. The first-order valence-corrected chi connectivity index (χ1v) is 12.7. The van der Waals surface area contributed by atoms with Crippen LogP contribution < -0.4 is 9.80 Å². The zero-order chi connectivity index (χ0) is 24.9. The number of fused-ring (bicyclic) bond motifs is 1. The van der Waals surface area contributed by atoms with Crippen molar-refractivity contribution in [3.63, 3.8) is 0 Å². The number of aliphatic hydroxyl groups excluding tert-OH is 1. The van der Waals surface area contributed by atoms with Crippen molar-refractivity contribution in [3.05, 3.63) is 59.5 Å². The summed E-state index contributed by atoms with van der Waals surface area (Å²) in [6.45, 7) is 11.0. The second-order valence-electron chi connectivity index (χ2n) is 10.8. The molecule has 0 aliphatic carbocycles. The van der Waals surface area contributed by atoms with E-state index < -0.39 is 0 Å². The van der Waals surface area contributed by atoms with Crippen molar-refractivity contribution < 1.29 is 9.84 Å². The number of pyridine rings is 2. The van der Waals surface area contributed by atoms with Crippen LogP contribution in [0.4, 0.5) is 11.4 Å². The van der Waals surface area contributed by atoms with Crippen molar-refractivity contribution in [1.82, 2.24) is 14.9 Å². The molecule has 3 saturated heterocycles. The van der Waals surface area contributed by atoms with E-state index in [1.165, 1.54) is 5.69 Å². The standard InChI is InChI=1S/C28H32N6O2/c1-19-8-23(9-22(14-35)31-19)34-17-28(18-34)15-32(16-28)12-24-13-33(11-20(2)36-24)26-6-5-21(10-29)27-25(26)4-3-7-30-27/h3-9,20,24,35H,11-18H2,1-2H3. The molecule has 3 aliphatic rings. The molecule has 1 N–H and O–H groups in total. The fourth-order valence-corrected chi connectivity index (χ4v) is 6.31. The van der Waals surface area contributed by atoms with Crippen molar-refractivity contribution in [3.8, 4) is 6.07 Å². The summed E-state index contributed by atoms with van der Waals surface area (Å²) in [4.78, 5) is 16.2. The van der Waals surface area contributed by atoms with E-state index >= 15 is 0 Å². The summed E-state index contributed by atoms with van der Waals surface area (Å²) >= 11 is 0.